The van der Waals surface area contributed by atoms with Gasteiger partial charge in [-0.2, -0.15) is 0 Å². The maximum absolute atomic E-state index is 13.2. The van der Waals surface area contributed by atoms with Gasteiger partial charge in [-0.3, -0.25) is 14.5 Å². The van der Waals surface area contributed by atoms with Gasteiger partial charge in [-0.1, -0.05) is 49.9 Å². The third-order valence-corrected chi connectivity index (χ3v) is 6.17. The quantitative estimate of drug-likeness (QED) is 0.635. The van der Waals surface area contributed by atoms with Crippen LogP contribution in [0.4, 0.5) is 4.79 Å². The van der Waals surface area contributed by atoms with Crippen molar-refractivity contribution in [3.05, 3.63) is 35.4 Å². The summed E-state index contributed by atoms with van der Waals surface area (Å²) in [6.07, 6.45) is 8.93. The highest BCUT2D eigenvalue weighted by molar-refractivity contribution is 6.09. The zero-order valence-electron chi connectivity index (χ0n) is 15.6. The first kappa shape index (κ1) is 18.0. The van der Waals surface area contributed by atoms with Gasteiger partial charge in [0, 0.05) is 6.04 Å². The van der Waals surface area contributed by atoms with Gasteiger partial charge < -0.3 is 10.6 Å². The molecule has 0 radical (unpaired) electrons. The molecule has 1 saturated carbocycles. The minimum Gasteiger partial charge on any atom is -0.352 e. The molecule has 1 unspecified atom stereocenters. The topological polar surface area (TPSA) is 78.5 Å². The minimum atomic E-state index is -1.01. The lowest BCUT2D eigenvalue weighted by molar-refractivity contribution is -0.135. The zero-order chi connectivity index (χ0) is 18.9. The molecule has 2 fully saturated rings. The van der Waals surface area contributed by atoms with Gasteiger partial charge in [0.1, 0.15) is 12.1 Å². The summed E-state index contributed by atoms with van der Waals surface area (Å²) < 4.78 is 0. The lowest BCUT2D eigenvalue weighted by Gasteiger charge is -2.33. The molecule has 1 aromatic rings. The van der Waals surface area contributed by atoms with E-state index in [2.05, 4.69) is 10.6 Å². The average molecular weight is 369 g/mol. The summed E-state index contributed by atoms with van der Waals surface area (Å²) in [5.74, 6) is -0.540. The molecular weight excluding hydrogens is 342 g/mol. The van der Waals surface area contributed by atoms with E-state index >= 15 is 0 Å². The molecule has 0 bridgehead atoms. The third kappa shape index (κ3) is 3.33. The van der Waals surface area contributed by atoms with Crippen LogP contribution >= 0.6 is 0 Å². The number of fused-ring (bicyclic) bond motifs is 2. The molecule has 6 nitrogen and oxygen atoms in total. The maximum atomic E-state index is 13.2. The summed E-state index contributed by atoms with van der Waals surface area (Å²) in [7, 11) is 0. The van der Waals surface area contributed by atoms with Gasteiger partial charge in [-0.05, 0) is 43.2 Å². The highest BCUT2D eigenvalue weighted by Crippen LogP contribution is 2.39. The molecule has 1 atom stereocenters. The predicted octanol–water partition coefficient (Wildman–Crippen LogP) is 2.61. The number of carbonyl (C=O) groups excluding carboxylic acids is 3. The van der Waals surface area contributed by atoms with E-state index in [0.29, 0.717) is 6.42 Å². The van der Waals surface area contributed by atoms with Gasteiger partial charge >= 0.3 is 6.03 Å². The fourth-order valence-corrected chi connectivity index (χ4v) is 4.80. The number of rotatable bonds is 3. The molecule has 4 amide bonds. The van der Waals surface area contributed by atoms with Gasteiger partial charge in [0.05, 0.1) is 0 Å². The van der Waals surface area contributed by atoms with Crippen LogP contribution in [0.25, 0.3) is 0 Å². The van der Waals surface area contributed by atoms with E-state index in [1.165, 1.54) is 12.8 Å². The molecule has 1 spiro atoms. The first-order valence-electron chi connectivity index (χ1n) is 10.1. The lowest BCUT2D eigenvalue weighted by Crippen LogP contribution is -2.47. The fraction of sp³-hybridized carbons (Fsp3) is 0.571. The molecular formula is C21H27N3O3. The van der Waals surface area contributed by atoms with Crippen molar-refractivity contribution in [1.82, 2.24) is 15.5 Å². The van der Waals surface area contributed by atoms with E-state index in [1.807, 2.05) is 24.3 Å². The van der Waals surface area contributed by atoms with Gasteiger partial charge in [-0.25, -0.2) is 4.79 Å². The Balaban J connectivity index is 1.48. The van der Waals surface area contributed by atoms with Gasteiger partial charge in [-0.15, -0.1) is 0 Å². The first-order valence-corrected chi connectivity index (χ1v) is 10.1. The number of urea groups is 1. The number of nitrogens with zero attached hydrogens (tertiary/aromatic N) is 1. The Kier molecular flexibility index (Phi) is 4.89. The Morgan fingerprint density at radius 1 is 1.11 bits per heavy atom. The van der Waals surface area contributed by atoms with E-state index < -0.39 is 11.6 Å². The molecule has 1 saturated heterocycles. The van der Waals surface area contributed by atoms with Crippen LogP contribution in [0.5, 0.6) is 0 Å². The second-order valence-electron chi connectivity index (χ2n) is 7.99. The standard InChI is InChI=1S/C21H27N3O3/c25-18(22-16-10-3-1-2-4-11-16)14-24-19(26)21(23-20(24)27)13-7-9-15-8-5-6-12-17(15)21/h5-6,8,12,16H,1-4,7,9-11,13-14H2,(H,22,25)(H,23,27). The van der Waals surface area contributed by atoms with E-state index in [1.54, 1.807) is 0 Å². The lowest BCUT2D eigenvalue weighted by atomic mass is 9.76. The summed E-state index contributed by atoms with van der Waals surface area (Å²) in [4.78, 5) is 39.4. The number of amides is 4. The van der Waals surface area contributed by atoms with Crippen LogP contribution in [0.15, 0.2) is 24.3 Å². The Hall–Kier alpha value is -2.37. The molecule has 1 aliphatic heterocycles. The third-order valence-electron chi connectivity index (χ3n) is 6.17. The molecule has 2 N–H and O–H groups in total. The van der Waals surface area contributed by atoms with Crippen LogP contribution in [-0.4, -0.2) is 35.3 Å². The second-order valence-corrected chi connectivity index (χ2v) is 7.99. The molecule has 3 aliphatic rings. The van der Waals surface area contributed by atoms with Crippen LogP contribution in [0.1, 0.15) is 62.5 Å². The molecule has 2 aliphatic carbocycles. The monoisotopic (exact) mass is 369 g/mol. The SMILES string of the molecule is O=C(CN1C(=O)NC2(CCCc3ccccc32)C1=O)NC1CCCCCC1. The van der Waals surface area contributed by atoms with Crippen molar-refractivity contribution >= 4 is 17.8 Å². The normalized spacial score (nSPS) is 25.9. The Morgan fingerprint density at radius 3 is 2.63 bits per heavy atom. The molecule has 6 heteroatoms. The molecule has 0 aromatic heterocycles. The van der Waals surface area contributed by atoms with Crippen molar-refractivity contribution < 1.29 is 14.4 Å². The van der Waals surface area contributed by atoms with E-state index in [9.17, 15) is 14.4 Å². The van der Waals surface area contributed by atoms with Crippen LogP contribution in [0, 0.1) is 0 Å². The van der Waals surface area contributed by atoms with Crippen LogP contribution < -0.4 is 10.6 Å². The molecule has 1 heterocycles. The van der Waals surface area contributed by atoms with Crippen molar-refractivity contribution in [2.45, 2.75) is 69.4 Å². The maximum Gasteiger partial charge on any atom is 0.325 e. The largest absolute Gasteiger partial charge is 0.352 e. The number of imide groups is 1. The Morgan fingerprint density at radius 2 is 1.85 bits per heavy atom. The van der Waals surface area contributed by atoms with Crippen molar-refractivity contribution in [1.29, 1.82) is 0 Å². The predicted molar refractivity (Wildman–Crippen MR) is 101 cm³/mol. The summed E-state index contributed by atoms with van der Waals surface area (Å²) >= 11 is 0. The van der Waals surface area contributed by atoms with Crippen LogP contribution in [0.3, 0.4) is 0 Å². The van der Waals surface area contributed by atoms with E-state index in [-0.39, 0.29) is 24.4 Å². The van der Waals surface area contributed by atoms with Crippen LogP contribution in [-0.2, 0) is 21.5 Å². The van der Waals surface area contributed by atoms with Crippen molar-refractivity contribution in [3.8, 4) is 0 Å². The highest BCUT2D eigenvalue weighted by atomic mass is 16.2. The van der Waals surface area contributed by atoms with Gasteiger partial charge in [0.15, 0.2) is 0 Å². The number of nitrogens with one attached hydrogen (secondary N) is 2. The number of carbonyl (C=O) groups is 3. The van der Waals surface area contributed by atoms with Gasteiger partial charge in [0.2, 0.25) is 5.91 Å². The van der Waals surface area contributed by atoms with Crippen molar-refractivity contribution in [2.24, 2.45) is 0 Å². The fourth-order valence-electron chi connectivity index (χ4n) is 4.80. The summed E-state index contributed by atoms with van der Waals surface area (Å²) in [5.41, 5.74) is 0.970. The minimum absolute atomic E-state index is 0.158. The summed E-state index contributed by atoms with van der Waals surface area (Å²) in [5, 5.41) is 5.93. The number of hydrogen-bond donors (Lipinski definition) is 2. The molecule has 27 heavy (non-hydrogen) atoms. The van der Waals surface area contributed by atoms with Crippen molar-refractivity contribution in [2.75, 3.05) is 6.54 Å². The second kappa shape index (κ2) is 7.33. The summed E-state index contributed by atoms with van der Waals surface area (Å²) in [6.45, 7) is -0.203. The number of aryl methyl sites for hydroxylation is 1. The summed E-state index contributed by atoms with van der Waals surface area (Å²) in [6, 6.07) is 7.47. The Labute approximate surface area is 159 Å². The highest BCUT2D eigenvalue weighted by Gasteiger charge is 2.54. The van der Waals surface area contributed by atoms with Crippen LogP contribution in [0.2, 0.25) is 0 Å². The zero-order valence-corrected chi connectivity index (χ0v) is 15.6. The smallest absolute Gasteiger partial charge is 0.325 e. The first-order chi connectivity index (χ1) is 13.1. The molecule has 4 rings (SSSR count). The molecule has 1 aromatic carbocycles. The Bertz CT molecular complexity index is 755. The number of benzene rings is 1. The number of hydrogen-bond acceptors (Lipinski definition) is 3. The van der Waals surface area contributed by atoms with Crippen molar-refractivity contribution in [3.63, 3.8) is 0 Å². The van der Waals surface area contributed by atoms with E-state index in [0.717, 1.165) is 54.6 Å². The average Bonchev–Trinajstić information content (AvgIpc) is 2.85. The van der Waals surface area contributed by atoms with Gasteiger partial charge in [0.25, 0.3) is 5.91 Å². The van der Waals surface area contributed by atoms with E-state index in [4.69, 9.17) is 0 Å². The molecule has 144 valence electrons.